The number of nitro benzene ring substituents is 1. The minimum absolute atomic E-state index is 0.00333. The summed E-state index contributed by atoms with van der Waals surface area (Å²) in [5.41, 5.74) is 3.22. The van der Waals surface area contributed by atoms with Gasteiger partial charge in [-0.1, -0.05) is 18.2 Å². The normalized spacial score (nSPS) is 16.4. The van der Waals surface area contributed by atoms with E-state index in [1.807, 2.05) is 30.3 Å². The predicted molar refractivity (Wildman–Crippen MR) is 148 cm³/mol. The average molecular weight is 527 g/mol. The van der Waals surface area contributed by atoms with Gasteiger partial charge in [-0.25, -0.2) is 4.98 Å². The molecule has 1 aliphatic carbocycles. The second-order valence-corrected chi connectivity index (χ2v) is 10.6. The summed E-state index contributed by atoms with van der Waals surface area (Å²) < 4.78 is 0. The van der Waals surface area contributed by atoms with Crippen LogP contribution in [0, 0.1) is 22.0 Å². The van der Waals surface area contributed by atoms with Gasteiger partial charge in [0.15, 0.2) is 5.82 Å². The molecule has 0 spiro atoms. The number of pyridine rings is 1. The molecule has 10 heteroatoms. The Morgan fingerprint density at radius 3 is 2.64 bits per heavy atom. The summed E-state index contributed by atoms with van der Waals surface area (Å²) >= 11 is 0. The third-order valence-electron chi connectivity index (χ3n) is 7.76. The first-order valence-corrected chi connectivity index (χ1v) is 13.4. The van der Waals surface area contributed by atoms with Crippen molar-refractivity contribution in [1.82, 2.24) is 20.2 Å². The summed E-state index contributed by atoms with van der Waals surface area (Å²) in [6.07, 6.45) is 5.45. The first kappa shape index (κ1) is 25.0. The van der Waals surface area contributed by atoms with E-state index in [0.717, 1.165) is 66.1 Å². The van der Waals surface area contributed by atoms with Crippen LogP contribution in [0.5, 0.6) is 0 Å². The van der Waals surface area contributed by atoms with Gasteiger partial charge in [0.05, 0.1) is 10.4 Å². The van der Waals surface area contributed by atoms with Crippen molar-refractivity contribution < 1.29 is 14.5 Å². The second-order valence-electron chi connectivity index (χ2n) is 10.6. The standard InChI is InChI=1S/C29H30N6O4/c36-28(31-16-18-9-12-34(13-10-18)17-19-2-1-3-22(14-19)35(38)39)21-6-7-23-24-8-11-30-27(26(24)32-25(23)15-21)33-29(37)20-4-5-20/h1-3,6-8,11,14-15,18,20,32H,4-5,9-10,12-13,16-17H2,(H,31,36)(H,30,33,37). The number of nitrogens with zero attached hydrogens (tertiary/aromatic N) is 3. The Morgan fingerprint density at radius 1 is 1.05 bits per heavy atom. The number of likely N-dealkylation sites (tertiary alicyclic amines) is 1. The number of anilines is 1. The van der Waals surface area contributed by atoms with Crippen LogP contribution in [0.25, 0.3) is 21.8 Å². The first-order valence-electron chi connectivity index (χ1n) is 13.4. The number of nitro groups is 1. The molecule has 0 bridgehead atoms. The maximum absolute atomic E-state index is 13.0. The van der Waals surface area contributed by atoms with Crippen molar-refractivity contribution in [3.05, 3.63) is 76.0 Å². The summed E-state index contributed by atoms with van der Waals surface area (Å²) in [6.45, 7) is 3.07. The Labute approximate surface area is 224 Å². The topological polar surface area (TPSA) is 133 Å². The summed E-state index contributed by atoms with van der Waals surface area (Å²) in [7, 11) is 0. The third-order valence-corrected chi connectivity index (χ3v) is 7.76. The molecular weight excluding hydrogens is 496 g/mol. The van der Waals surface area contributed by atoms with Crippen molar-refractivity contribution >= 4 is 45.1 Å². The molecular formula is C29H30N6O4. The number of carbonyl (C=O) groups excluding carboxylic acids is 2. The molecule has 0 radical (unpaired) electrons. The highest BCUT2D eigenvalue weighted by Gasteiger charge is 2.30. The lowest BCUT2D eigenvalue weighted by Gasteiger charge is -2.32. The molecule has 2 aromatic carbocycles. The van der Waals surface area contributed by atoms with Gasteiger partial charge < -0.3 is 15.6 Å². The van der Waals surface area contributed by atoms with Gasteiger partial charge in [0, 0.05) is 59.2 Å². The van der Waals surface area contributed by atoms with Crippen LogP contribution >= 0.6 is 0 Å². The fraction of sp³-hybridized carbons (Fsp3) is 0.345. The highest BCUT2D eigenvalue weighted by atomic mass is 16.6. The summed E-state index contributed by atoms with van der Waals surface area (Å²) in [4.78, 5) is 45.9. The molecule has 2 aliphatic rings. The predicted octanol–water partition coefficient (Wildman–Crippen LogP) is 4.61. The van der Waals surface area contributed by atoms with Gasteiger partial charge in [-0.05, 0) is 68.5 Å². The van der Waals surface area contributed by atoms with E-state index in [1.54, 1.807) is 18.3 Å². The molecule has 4 aromatic rings. The first-order chi connectivity index (χ1) is 18.9. The number of nitrogens with one attached hydrogen (secondary N) is 3. The molecule has 2 aromatic heterocycles. The summed E-state index contributed by atoms with van der Waals surface area (Å²) in [5, 5.41) is 19.0. The van der Waals surface area contributed by atoms with Gasteiger partial charge in [0.2, 0.25) is 5.91 Å². The second kappa shape index (κ2) is 10.5. The van der Waals surface area contributed by atoms with Gasteiger partial charge in [-0.3, -0.25) is 24.6 Å². The molecule has 3 heterocycles. The van der Waals surface area contributed by atoms with Crippen molar-refractivity contribution in [2.75, 3.05) is 25.0 Å². The number of hydrogen-bond acceptors (Lipinski definition) is 6. The maximum atomic E-state index is 13.0. The lowest BCUT2D eigenvalue weighted by Crippen LogP contribution is -2.38. The van der Waals surface area contributed by atoms with Crippen LogP contribution in [-0.2, 0) is 11.3 Å². The number of aromatic amines is 1. The fourth-order valence-corrected chi connectivity index (χ4v) is 5.34. The van der Waals surface area contributed by atoms with E-state index in [4.69, 9.17) is 0 Å². The van der Waals surface area contributed by atoms with Crippen LogP contribution < -0.4 is 10.6 Å². The van der Waals surface area contributed by atoms with Gasteiger partial charge in [-0.15, -0.1) is 0 Å². The lowest BCUT2D eigenvalue weighted by molar-refractivity contribution is -0.384. The molecule has 200 valence electrons. The van der Waals surface area contributed by atoms with Crippen LogP contribution in [0.2, 0.25) is 0 Å². The number of non-ortho nitro benzene ring substituents is 1. The molecule has 2 amide bonds. The number of aromatic nitrogens is 2. The molecule has 2 fully saturated rings. The minimum atomic E-state index is -0.363. The SMILES string of the molecule is O=C(NCC1CCN(Cc2cccc([N+](=O)[O-])c2)CC1)c1ccc2c(c1)[nH]c1c(NC(=O)C3CC3)nccc12. The molecule has 39 heavy (non-hydrogen) atoms. The van der Waals surface area contributed by atoms with Gasteiger partial charge in [0.25, 0.3) is 11.6 Å². The van der Waals surface area contributed by atoms with Crippen LogP contribution in [0.15, 0.2) is 54.7 Å². The number of hydrogen-bond donors (Lipinski definition) is 3. The zero-order valence-electron chi connectivity index (χ0n) is 21.5. The zero-order valence-corrected chi connectivity index (χ0v) is 21.5. The molecule has 3 N–H and O–H groups in total. The average Bonchev–Trinajstić information content (AvgIpc) is 3.73. The van der Waals surface area contributed by atoms with Crippen molar-refractivity contribution in [1.29, 1.82) is 0 Å². The Morgan fingerprint density at radius 2 is 1.87 bits per heavy atom. The monoisotopic (exact) mass is 526 g/mol. The molecule has 0 atom stereocenters. The van der Waals surface area contributed by atoms with E-state index in [1.165, 1.54) is 6.07 Å². The lowest BCUT2D eigenvalue weighted by atomic mass is 9.96. The highest BCUT2D eigenvalue weighted by molar-refractivity contribution is 6.13. The molecule has 0 unspecified atom stereocenters. The van der Waals surface area contributed by atoms with Gasteiger partial charge in [0.1, 0.15) is 0 Å². The number of H-pyrrole nitrogens is 1. The van der Waals surface area contributed by atoms with Crippen LogP contribution in [0.4, 0.5) is 11.5 Å². The smallest absolute Gasteiger partial charge is 0.269 e. The van der Waals surface area contributed by atoms with E-state index >= 15 is 0 Å². The Balaban J connectivity index is 1.05. The van der Waals surface area contributed by atoms with Crippen molar-refractivity contribution in [2.45, 2.75) is 32.2 Å². The number of piperidine rings is 1. The third kappa shape index (κ3) is 5.46. The van der Waals surface area contributed by atoms with Crippen molar-refractivity contribution in [3.8, 4) is 0 Å². The molecule has 1 saturated carbocycles. The maximum Gasteiger partial charge on any atom is 0.269 e. The number of rotatable bonds is 8. The van der Waals surface area contributed by atoms with E-state index in [0.29, 0.717) is 30.4 Å². The number of benzene rings is 2. The summed E-state index contributed by atoms with van der Waals surface area (Å²) in [5.74, 6) is 0.875. The summed E-state index contributed by atoms with van der Waals surface area (Å²) in [6, 6.07) is 14.3. The van der Waals surface area contributed by atoms with Crippen LogP contribution in [0.1, 0.15) is 41.6 Å². The number of carbonyl (C=O) groups is 2. The fourth-order valence-electron chi connectivity index (χ4n) is 5.34. The largest absolute Gasteiger partial charge is 0.352 e. The Kier molecular flexibility index (Phi) is 6.70. The molecule has 10 nitrogen and oxygen atoms in total. The molecule has 6 rings (SSSR count). The van der Waals surface area contributed by atoms with E-state index in [-0.39, 0.29) is 28.3 Å². The van der Waals surface area contributed by atoms with Gasteiger partial charge >= 0.3 is 0 Å². The minimum Gasteiger partial charge on any atom is -0.352 e. The van der Waals surface area contributed by atoms with E-state index < -0.39 is 0 Å². The van der Waals surface area contributed by atoms with Crippen LogP contribution in [-0.4, -0.2) is 51.2 Å². The van der Waals surface area contributed by atoms with Crippen LogP contribution in [0.3, 0.4) is 0 Å². The molecule has 1 saturated heterocycles. The quantitative estimate of drug-likeness (QED) is 0.227. The van der Waals surface area contributed by atoms with Crippen molar-refractivity contribution in [2.24, 2.45) is 11.8 Å². The van der Waals surface area contributed by atoms with E-state index in [2.05, 4.69) is 25.5 Å². The highest BCUT2D eigenvalue weighted by Crippen LogP contribution is 2.33. The Bertz CT molecular complexity index is 1570. The van der Waals surface area contributed by atoms with E-state index in [9.17, 15) is 19.7 Å². The van der Waals surface area contributed by atoms with Gasteiger partial charge in [-0.2, -0.15) is 0 Å². The van der Waals surface area contributed by atoms with Crippen molar-refractivity contribution in [3.63, 3.8) is 0 Å². The molecule has 1 aliphatic heterocycles. The number of fused-ring (bicyclic) bond motifs is 3. The Hall–Kier alpha value is -4.31. The zero-order chi connectivity index (χ0) is 26.9. The number of amides is 2.